The van der Waals surface area contributed by atoms with E-state index in [0.29, 0.717) is 0 Å². The molecule has 2 heteroatoms. The molecule has 0 amide bonds. The Hall–Kier alpha value is -1.28. The van der Waals surface area contributed by atoms with Crippen molar-refractivity contribution in [1.82, 2.24) is 9.88 Å². The fourth-order valence-corrected chi connectivity index (χ4v) is 2.42. The molecule has 0 aliphatic heterocycles. The predicted molar refractivity (Wildman–Crippen MR) is 69.9 cm³/mol. The normalized spacial score (nSPS) is 12.2. The summed E-state index contributed by atoms with van der Waals surface area (Å²) in [6, 6.07) is 8.59. The second-order valence-corrected chi connectivity index (χ2v) is 5.09. The van der Waals surface area contributed by atoms with Gasteiger partial charge in [-0.1, -0.05) is 32.0 Å². The standard InChI is InChI=1S/C14H20N2/c1-14(2,10-15-3)12-9-16(4)13-8-6-5-7-11(12)13/h5-9,15H,10H2,1-4H3. The van der Waals surface area contributed by atoms with Crippen LogP contribution in [0.2, 0.25) is 0 Å². The van der Waals surface area contributed by atoms with Crippen LogP contribution in [0.15, 0.2) is 30.5 Å². The molecule has 2 aromatic rings. The van der Waals surface area contributed by atoms with Crippen LogP contribution in [-0.2, 0) is 12.5 Å². The van der Waals surface area contributed by atoms with Crippen LogP contribution < -0.4 is 5.32 Å². The fourth-order valence-electron chi connectivity index (χ4n) is 2.42. The summed E-state index contributed by atoms with van der Waals surface area (Å²) in [6.45, 7) is 5.55. The molecule has 0 fully saturated rings. The molecule has 1 heterocycles. The van der Waals surface area contributed by atoms with Crippen molar-refractivity contribution in [3.63, 3.8) is 0 Å². The van der Waals surface area contributed by atoms with Crippen molar-refractivity contribution in [3.05, 3.63) is 36.0 Å². The molecular weight excluding hydrogens is 196 g/mol. The van der Waals surface area contributed by atoms with Crippen molar-refractivity contribution in [3.8, 4) is 0 Å². The third kappa shape index (κ3) is 1.74. The molecule has 2 rings (SSSR count). The number of fused-ring (bicyclic) bond motifs is 1. The summed E-state index contributed by atoms with van der Waals surface area (Å²) in [5.41, 5.74) is 2.89. The molecule has 86 valence electrons. The first-order valence-corrected chi connectivity index (χ1v) is 5.75. The van der Waals surface area contributed by atoms with Crippen LogP contribution in [0.3, 0.4) is 0 Å². The zero-order chi connectivity index (χ0) is 11.8. The largest absolute Gasteiger partial charge is 0.350 e. The second kappa shape index (κ2) is 3.95. The highest BCUT2D eigenvalue weighted by Crippen LogP contribution is 2.30. The van der Waals surface area contributed by atoms with E-state index in [-0.39, 0.29) is 5.41 Å². The van der Waals surface area contributed by atoms with Gasteiger partial charge in [0.15, 0.2) is 0 Å². The maximum absolute atomic E-state index is 3.27. The first kappa shape index (κ1) is 11.2. The van der Waals surface area contributed by atoms with E-state index in [1.807, 2.05) is 7.05 Å². The maximum atomic E-state index is 3.27. The first-order chi connectivity index (χ1) is 7.56. The third-order valence-electron chi connectivity index (χ3n) is 3.24. The average molecular weight is 216 g/mol. The van der Waals surface area contributed by atoms with Crippen molar-refractivity contribution < 1.29 is 0 Å². The Morgan fingerprint density at radius 2 is 1.94 bits per heavy atom. The molecule has 16 heavy (non-hydrogen) atoms. The Kier molecular flexibility index (Phi) is 2.76. The summed E-state index contributed by atoms with van der Waals surface area (Å²) in [4.78, 5) is 0. The summed E-state index contributed by atoms with van der Waals surface area (Å²) in [6.07, 6.45) is 2.25. The monoisotopic (exact) mass is 216 g/mol. The van der Waals surface area contributed by atoms with Crippen LogP contribution in [-0.4, -0.2) is 18.2 Å². The van der Waals surface area contributed by atoms with Gasteiger partial charge >= 0.3 is 0 Å². The Morgan fingerprint density at radius 3 is 2.62 bits per heavy atom. The molecule has 1 N–H and O–H groups in total. The van der Waals surface area contributed by atoms with Gasteiger partial charge in [0.2, 0.25) is 0 Å². The Balaban J connectivity index is 2.61. The van der Waals surface area contributed by atoms with E-state index in [0.717, 1.165) is 6.54 Å². The minimum absolute atomic E-state index is 0.162. The van der Waals surface area contributed by atoms with E-state index in [1.54, 1.807) is 0 Å². The molecule has 1 aromatic heterocycles. The van der Waals surface area contributed by atoms with Crippen LogP contribution >= 0.6 is 0 Å². The topological polar surface area (TPSA) is 17.0 Å². The fraction of sp³-hybridized carbons (Fsp3) is 0.429. The molecule has 0 saturated heterocycles. The van der Waals surface area contributed by atoms with E-state index in [4.69, 9.17) is 0 Å². The summed E-state index contributed by atoms with van der Waals surface area (Å²) in [7, 11) is 4.12. The minimum Gasteiger partial charge on any atom is -0.350 e. The van der Waals surface area contributed by atoms with E-state index >= 15 is 0 Å². The molecular formula is C14H20N2. The van der Waals surface area contributed by atoms with Crippen LogP contribution in [0.5, 0.6) is 0 Å². The molecule has 0 spiro atoms. The van der Waals surface area contributed by atoms with Crippen molar-refractivity contribution >= 4 is 10.9 Å². The van der Waals surface area contributed by atoms with Crippen molar-refractivity contribution in [2.45, 2.75) is 19.3 Å². The number of benzene rings is 1. The molecule has 1 aromatic carbocycles. The van der Waals surface area contributed by atoms with E-state index < -0.39 is 0 Å². The second-order valence-electron chi connectivity index (χ2n) is 5.09. The molecule has 2 nitrogen and oxygen atoms in total. The zero-order valence-corrected chi connectivity index (χ0v) is 10.5. The number of aromatic nitrogens is 1. The number of rotatable bonds is 3. The minimum atomic E-state index is 0.162. The van der Waals surface area contributed by atoms with Crippen LogP contribution in [0.25, 0.3) is 10.9 Å². The van der Waals surface area contributed by atoms with E-state index in [1.165, 1.54) is 16.5 Å². The zero-order valence-electron chi connectivity index (χ0n) is 10.5. The smallest absolute Gasteiger partial charge is 0.0480 e. The lowest BCUT2D eigenvalue weighted by Crippen LogP contribution is -2.30. The van der Waals surface area contributed by atoms with Gasteiger partial charge in [-0.2, -0.15) is 0 Å². The quantitative estimate of drug-likeness (QED) is 0.834. The summed E-state index contributed by atoms with van der Waals surface area (Å²) in [5.74, 6) is 0. The summed E-state index contributed by atoms with van der Waals surface area (Å²) in [5, 5.41) is 4.64. The highest BCUT2D eigenvalue weighted by atomic mass is 14.9. The number of nitrogens with zero attached hydrogens (tertiary/aromatic N) is 1. The highest BCUT2D eigenvalue weighted by Gasteiger charge is 2.23. The lowest BCUT2D eigenvalue weighted by Gasteiger charge is -2.23. The number of aryl methyl sites for hydroxylation is 1. The van der Waals surface area contributed by atoms with Gasteiger partial charge in [-0.3, -0.25) is 0 Å². The molecule has 0 aliphatic rings. The molecule has 0 bridgehead atoms. The molecule has 0 unspecified atom stereocenters. The summed E-state index contributed by atoms with van der Waals surface area (Å²) >= 11 is 0. The van der Waals surface area contributed by atoms with Crippen LogP contribution in [0.4, 0.5) is 0 Å². The number of likely N-dealkylation sites (N-methyl/N-ethyl adjacent to an activating group) is 1. The average Bonchev–Trinajstić information content (AvgIpc) is 2.58. The van der Waals surface area contributed by atoms with Crippen LogP contribution in [0, 0.1) is 0 Å². The SMILES string of the molecule is CNCC(C)(C)c1cn(C)c2ccccc12. The van der Waals surface area contributed by atoms with Gasteiger partial charge in [0, 0.05) is 36.1 Å². The lowest BCUT2D eigenvalue weighted by molar-refractivity contribution is 0.496. The van der Waals surface area contributed by atoms with Gasteiger partial charge in [-0.15, -0.1) is 0 Å². The van der Waals surface area contributed by atoms with Gasteiger partial charge in [-0.05, 0) is 18.7 Å². The van der Waals surface area contributed by atoms with Crippen molar-refractivity contribution in [2.75, 3.05) is 13.6 Å². The van der Waals surface area contributed by atoms with Crippen molar-refractivity contribution in [2.24, 2.45) is 7.05 Å². The van der Waals surface area contributed by atoms with Gasteiger partial charge in [0.25, 0.3) is 0 Å². The van der Waals surface area contributed by atoms with Gasteiger partial charge < -0.3 is 9.88 Å². The molecule has 0 saturated carbocycles. The first-order valence-electron chi connectivity index (χ1n) is 5.75. The molecule has 0 aliphatic carbocycles. The molecule has 0 radical (unpaired) electrons. The van der Waals surface area contributed by atoms with Gasteiger partial charge in [0.1, 0.15) is 0 Å². The number of hydrogen-bond acceptors (Lipinski definition) is 1. The van der Waals surface area contributed by atoms with E-state index in [2.05, 4.69) is 61.2 Å². The van der Waals surface area contributed by atoms with Gasteiger partial charge in [0.05, 0.1) is 0 Å². The third-order valence-corrected chi connectivity index (χ3v) is 3.24. The van der Waals surface area contributed by atoms with Gasteiger partial charge in [-0.25, -0.2) is 0 Å². The predicted octanol–water partition coefficient (Wildman–Crippen LogP) is 2.68. The highest BCUT2D eigenvalue weighted by molar-refractivity contribution is 5.85. The lowest BCUT2D eigenvalue weighted by atomic mass is 9.84. The maximum Gasteiger partial charge on any atom is 0.0480 e. The number of para-hydroxylation sites is 1. The molecule has 0 atom stereocenters. The van der Waals surface area contributed by atoms with Crippen LogP contribution in [0.1, 0.15) is 19.4 Å². The Labute approximate surface area is 97.3 Å². The Bertz CT molecular complexity index is 494. The number of hydrogen-bond donors (Lipinski definition) is 1. The Morgan fingerprint density at radius 1 is 1.25 bits per heavy atom. The van der Waals surface area contributed by atoms with Crippen molar-refractivity contribution in [1.29, 1.82) is 0 Å². The number of nitrogens with one attached hydrogen (secondary N) is 1. The van der Waals surface area contributed by atoms with E-state index in [9.17, 15) is 0 Å². The summed E-state index contributed by atoms with van der Waals surface area (Å²) < 4.78 is 2.21.